The summed E-state index contributed by atoms with van der Waals surface area (Å²) in [5.74, 6) is -11.7. The number of nitrogens with two attached hydrogens (primary N) is 1. The van der Waals surface area contributed by atoms with Crippen LogP contribution in [0.15, 0.2) is 0 Å². The fourth-order valence-electron chi connectivity index (χ4n) is 0.980. The van der Waals surface area contributed by atoms with Crippen LogP contribution in [0.2, 0.25) is 0 Å². The molecule has 0 heterocycles. The van der Waals surface area contributed by atoms with Crippen LogP contribution in [-0.4, -0.2) is 5.91 Å². The third-order valence-electron chi connectivity index (χ3n) is 1.65. The van der Waals surface area contributed by atoms with Crippen molar-refractivity contribution in [2.75, 3.05) is 0 Å². The van der Waals surface area contributed by atoms with Crippen molar-refractivity contribution in [3.05, 3.63) is 34.6 Å². The van der Waals surface area contributed by atoms with E-state index in [2.05, 4.69) is 5.73 Å². The quantitative estimate of drug-likeness (QED) is 0.461. The lowest BCUT2D eigenvalue weighted by Crippen LogP contribution is -2.18. The molecule has 0 atom stereocenters. The average Bonchev–Trinajstić information content (AvgIpc) is 2.18. The number of hydrogen-bond acceptors (Lipinski definition) is 1. The highest BCUT2D eigenvalue weighted by Gasteiger charge is 2.26. The van der Waals surface area contributed by atoms with Gasteiger partial charge in [-0.2, -0.15) is 0 Å². The molecule has 0 spiro atoms. The lowest BCUT2D eigenvalue weighted by Gasteiger charge is -2.05. The summed E-state index contributed by atoms with van der Waals surface area (Å²) in [5, 5.41) is 0. The summed E-state index contributed by atoms with van der Waals surface area (Å²) in [7, 11) is 0. The van der Waals surface area contributed by atoms with Gasteiger partial charge in [0, 0.05) is 5.56 Å². The lowest BCUT2D eigenvalue weighted by atomic mass is 10.1. The molecular weight excluding hydrogens is 221 g/mol. The minimum atomic E-state index is -2.27. The maximum atomic E-state index is 12.8. The fraction of sp³-hybridized carbons (Fsp3) is 0.125. The van der Waals surface area contributed by atoms with Crippen molar-refractivity contribution in [2.45, 2.75) is 6.42 Å². The highest BCUT2D eigenvalue weighted by molar-refractivity contribution is 5.76. The van der Waals surface area contributed by atoms with Crippen molar-refractivity contribution in [1.82, 2.24) is 0 Å². The molecule has 2 N–H and O–H groups in total. The van der Waals surface area contributed by atoms with Crippen molar-refractivity contribution in [2.24, 2.45) is 5.73 Å². The van der Waals surface area contributed by atoms with E-state index in [9.17, 15) is 26.7 Å². The first kappa shape index (κ1) is 11.4. The molecule has 82 valence electrons. The summed E-state index contributed by atoms with van der Waals surface area (Å²) in [5.41, 5.74) is 3.37. The standard InChI is InChI=1S/C8H4F5NO/c9-4-2(1-3(14)15)5(10)7(12)8(13)6(4)11/h1H2,(H2,14,15). The highest BCUT2D eigenvalue weighted by Crippen LogP contribution is 2.23. The molecule has 1 aromatic carbocycles. The van der Waals surface area contributed by atoms with Gasteiger partial charge in [-0.05, 0) is 0 Å². The number of carbonyl (C=O) groups is 1. The normalized spacial score (nSPS) is 10.5. The zero-order valence-electron chi connectivity index (χ0n) is 7.08. The molecule has 1 amide bonds. The van der Waals surface area contributed by atoms with Gasteiger partial charge >= 0.3 is 0 Å². The molecule has 0 saturated carbocycles. The second-order valence-corrected chi connectivity index (χ2v) is 2.69. The Morgan fingerprint density at radius 3 is 1.53 bits per heavy atom. The second kappa shape index (κ2) is 3.84. The predicted octanol–water partition coefficient (Wildman–Crippen LogP) is 1.41. The van der Waals surface area contributed by atoms with E-state index in [0.717, 1.165) is 0 Å². The number of rotatable bonds is 2. The molecule has 1 aromatic rings. The van der Waals surface area contributed by atoms with Crippen LogP contribution in [0, 0.1) is 29.1 Å². The molecule has 0 unspecified atom stereocenters. The van der Waals surface area contributed by atoms with Gasteiger partial charge in [0.1, 0.15) is 0 Å². The Labute approximate surface area is 80.5 Å². The van der Waals surface area contributed by atoms with E-state index in [1.165, 1.54) is 0 Å². The Hall–Kier alpha value is -1.66. The molecule has 0 aromatic heterocycles. The van der Waals surface area contributed by atoms with Crippen LogP contribution >= 0.6 is 0 Å². The number of carbonyl (C=O) groups excluding carboxylic acids is 1. The zero-order chi connectivity index (χ0) is 11.7. The van der Waals surface area contributed by atoms with Crippen LogP contribution in [0.4, 0.5) is 22.0 Å². The monoisotopic (exact) mass is 225 g/mol. The molecule has 0 aliphatic heterocycles. The predicted molar refractivity (Wildman–Crippen MR) is 39.1 cm³/mol. The van der Waals surface area contributed by atoms with Gasteiger partial charge in [0.25, 0.3) is 0 Å². The maximum Gasteiger partial charge on any atom is 0.222 e. The average molecular weight is 225 g/mol. The Kier molecular flexibility index (Phi) is 2.92. The van der Waals surface area contributed by atoms with Crippen LogP contribution < -0.4 is 5.73 Å². The van der Waals surface area contributed by atoms with Gasteiger partial charge in [0.2, 0.25) is 11.7 Å². The van der Waals surface area contributed by atoms with Crippen LogP contribution in [0.5, 0.6) is 0 Å². The summed E-state index contributed by atoms with van der Waals surface area (Å²) in [4.78, 5) is 10.3. The first-order valence-electron chi connectivity index (χ1n) is 3.64. The Morgan fingerprint density at radius 1 is 0.867 bits per heavy atom. The maximum absolute atomic E-state index is 12.8. The Balaban J connectivity index is 3.45. The topological polar surface area (TPSA) is 43.1 Å². The van der Waals surface area contributed by atoms with Crippen LogP contribution in [-0.2, 0) is 11.2 Å². The van der Waals surface area contributed by atoms with Crippen molar-refractivity contribution >= 4 is 5.91 Å². The molecule has 0 radical (unpaired) electrons. The minimum Gasteiger partial charge on any atom is -0.369 e. The number of hydrogen-bond donors (Lipinski definition) is 1. The van der Waals surface area contributed by atoms with Crippen molar-refractivity contribution < 1.29 is 26.7 Å². The van der Waals surface area contributed by atoms with E-state index in [0.29, 0.717) is 0 Å². The van der Waals surface area contributed by atoms with Crippen molar-refractivity contribution in [3.8, 4) is 0 Å². The summed E-state index contributed by atoms with van der Waals surface area (Å²) >= 11 is 0. The van der Waals surface area contributed by atoms with Gasteiger partial charge in [-0.3, -0.25) is 4.79 Å². The van der Waals surface area contributed by atoms with Gasteiger partial charge in [-0.1, -0.05) is 0 Å². The smallest absolute Gasteiger partial charge is 0.222 e. The number of amides is 1. The van der Waals surface area contributed by atoms with E-state index in [4.69, 9.17) is 0 Å². The molecule has 2 nitrogen and oxygen atoms in total. The van der Waals surface area contributed by atoms with E-state index in [-0.39, 0.29) is 0 Å². The first-order valence-corrected chi connectivity index (χ1v) is 3.64. The third-order valence-corrected chi connectivity index (χ3v) is 1.65. The van der Waals surface area contributed by atoms with Crippen LogP contribution in [0.25, 0.3) is 0 Å². The van der Waals surface area contributed by atoms with E-state index >= 15 is 0 Å². The summed E-state index contributed by atoms with van der Waals surface area (Å²) in [6, 6.07) is 0. The molecule has 0 aliphatic carbocycles. The van der Waals surface area contributed by atoms with Gasteiger partial charge < -0.3 is 5.73 Å². The van der Waals surface area contributed by atoms with E-state index in [1.54, 1.807) is 0 Å². The van der Waals surface area contributed by atoms with E-state index < -0.39 is 47.0 Å². The largest absolute Gasteiger partial charge is 0.369 e. The zero-order valence-corrected chi connectivity index (χ0v) is 7.08. The van der Waals surface area contributed by atoms with Gasteiger partial charge in [-0.25, -0.2) is 22.0 Å². The van der Waals surface area contributed by atoms with Gasteiger partial charge in [-0.15, -0.1) is 0 Å². The molecule has 0 fully saturated rings. The van der Waals surface area contributed by atoms with Gasteiger partial charge in [0.05, 0.1) is 6.42 Å². The summed E-state index contributed by atoms with van der Waals surface area (Å²) in [6.45, 7) is 0. The molecule has 0 bridgehead atoms. The minimum absolute atomic E-state index is 1.05. The van der Waals surface area contributed by atoms with E-state index in [1.807, 2.05) is 0 Å². The molecule has 0 saturated heterocycles. The number of halogens is 5. The van der Waals surface area contributed by atoms with Crippen molar-refractivity contribution in [1.29, 1.82) is 0 Å². The molecule has 1 rings (SSSR count). The molecule has 7 heteroatoms. The Morgan fingerprint density at radius 2 is 1.20 bits per heavy atom. The van der Waals surface area contributed by atoms with Crippen LogP contribution in [0.3, 0.4) is 0 Å². The van der Waals surface area contributed by atoms with Crippen LogP contribution in [0.1, 0.15) is 5.56 Å². The second-order valence-electron chi connectivity index (χ2n) is 2.69. The highest BCUT2D eigenvalue weighted by atomic mass is 19.2. The number of benzene rings is 1. The summed E-state index contributed by atoms with van der Waals surface area (Å²) in [6.07, 6.45) is -1.05. The van der Waals surface area contributed by atoms with Gasteiger partial charge in [0.15, 0.2) is 23.3 Å². The summed E-state index contributed by atoms with van der Waals surface area (Å²) < 4.78 is 63.2. The Bertz CT molecular complexity index is 403. The molecular formula is C8H4F5NO. The lowest BCUT2D eigenvalue weighted by molar-refractivity contribution is -0.117. The van der Waals surface area contributed by atoms with Crippen molar-refractivity contribution in [3.63, 3.8) is 0 Å². The fourth-order valence-corrected chi connectivity index (χ4v) is 0.980. The third kappa shape index (κ3) is 1.90. The molecule has 15 heavy (non-hydrogen) atoms. The SMILES string of the molecule is NC(=O)Cc1c(F)c(F)c(F)c(F)c1F. The first-order chi connectivity index (χ1) is 6.86. The number of primary amides is 1. The molecule has 0 aliphatic rings.